The van der Waals surface area contributed by atoms with Crippen LogP contribution in [0.5, 0.6) is 0 Å². The van der Waals surface area contributed by atoms with Crippen molar-refractivity contribution in [1.29, 1.82) is 0 Å². The lowest BCUT2D eigenvalue weighted by Gasteiger charge is -2.24. The van der Waals surface area contributed by atoms with Crippen LogP contribution in [0.25, 0.3) is 0 Å². The van der Waals surface area contributed by atoms with E-state index in [4.69, 9.17) is 4.74 Å². The maximum Gasteiger partial charge on any atom is 0.310 e. The summed E-state index contributed by atoms with van der Waals surface area (Å²) >= 11 is 0. The average Bonchev–Trinajstić information content (AvgIpc) is 2.89. The van der Waals surface area contributed by atoms with Gasteiger partial charge in [-0.05, 0) is 32.4 Å². The Morgan fingerprint density at radius 2 is 2.17 bits per heavy atom. The number of benzene rings is 1. The topological polar surface area (TPSA) is 29.5 Å². The Morgan fingerprint density at radius 1 is 1.44 bits per heavy atom. The third-order valence-electron chi connectivity index (χ3n) is 3.67. The lowest BCUT2D eigenvalue weighted by molar-refractivity contribution is -0.147. The van der Waals surface area contributed by atoms with Crippen LogP contribution in [0.3, 0.4) is 0 Å². The molecular weight excluding hydrogens is 226 g/mol. The van der Waals surface area contributed by atoms with Gasteiger partial charge in [0.2, 0.25) is 0 Å². The second-order valence-electron chi connectivity index (χ2n) is 4.82. The normalized spacial score (nSPS) is 21.8. The zero-order valence-electron chi connectivity index (χ0n) is 11.1. The average molecular weight is 247 g/mol. The molecule has 2 rings (SSSR count). The molecule has 1 aliphatic rings. The Bertz CT molecular complexity index is 391. The van der Waals surface area contributed by atoms with E-state index < -0.39 is 0 Å². The van der Waals surface area contributed by atoms with Crippen LogP contribution in [0.15, 0.2) is 30.3 Å². The van der Waals surface area contributed by atoms with E-state index in [1.807, 2.05) is 13.0 Å². The molecule has 1 saturated heterocycles. The van der Waals surface area contributed by atoms with E-state index in [1.54, 1.807) is 0 Å². The number of hydrogen-bond donors (Lipinski definition) is 0. The summed E-state index contributed by atoms with van der Waals surface area (Å²) in [4.78, 5) is 14.1. The molecule has 0 N–H and O–H groups in total. The van der Waals surface area contributed by atoms with Crippen molar-refractivity contribution in [2.24, 2.45) is 5.92 Å². The quantitative estimate of drug-likeness (QED) is 0.766. The molecule has 1 aliphatic heterocycles. The molecule has 1 fully saturated rings. The molecule has 0 aromatic heterocycles. The van der Waals surface area contributed by atoms with Crippen LogP contribution < -0.4 is 0 Å². The van der Waals surface area contributed by atoms with Gasteiger partial charge in [0.25, 0.3) is 0 Å². The number of ether oxygens (including phenoxy) is 1. The highest BCUT2D eigenvalue weighted by molar-refractivity contribution is 5.73. The van der Waals surface area contributed by atoms with Crippen molar-refractivity contribution < 1.29 is 9.53 Å². The SMILES string of the molecule is CCOC(=O)C1CCN(C(C)c2ccccc2)C1. The largest absolute Gasteiger partial charge is 0.466 e. The standard InChI is InChI=1S/C15H21NO2/c1-3-18-15(17)14-9-10-16(11-14)12(2)13-7-5-4-6-8-13/h4-8,12,14H,3,9-11H2,1-2H3. The first-order chi connectivity index (χ1) is 8.72. The van der Waals surface area contributed by atoms with Crippen molar-refractivity contribution in [3.63, 3.8) is 0 Å². The third kappa shape index (κ3) is 2.91. The first-order valence-corrected chi connectivity index (χ1v) is 6.68. The van der Waals surface area contributed by atoms with E-state index in [2.05, 4.69) is 36.1 Å². The smallest absolute Gasteiger partial charge is 0.310 e. The van der Waals surface area contributed by atoms with Crippen molar-refractivity contribution in [3.05, 3.63) is 35.9 Å². The summed E-state index contributed by atoms with van der Waals surface area (Å²) in [6.07, 6.45) is 0.913. The lowest BCUT2D eigenvalue weighted by Crippen LogP contribution is -2.27. The van der Waals surface area contributed by atoms with Crippen molar-refractivity contribution in [2.45, 2.75) is 26.3 Å². The number of carbonyl (C=O) groups excluding carboxylic acids is 1. The number of nitrogens with zero attached hydrogens (tertiary/aromatic N) is 1. The Balaban J connectivity index is 1.94. The molecule has 2 atom stereocenters. The van der Waals surface area contributed by atoms with Crippen LogP contribution >= 0.6 is 0 Å². The van der Waals surface area contributed by atoms with Crippen LogP contribution in [-0.2, 0) is 9.53 Å². The zero-order chi connectivity index (χ0) is 13.0. The maximum atomic E-state index is 11.7. The highest BCUT2D eigenvalue weighted by atomic mass is 16.5. The molecule has 18 heavy (non-hydrogen) atoms. The molecule has 1 aromatic rings. The van der Waals surface area contributed by atoms with Gasteiger partial charge in [-0.2, -0.15) is 0 Å². The Morgan fingerprint density at radius 3 is 2.83 bits per heavy atom. The highest BCUT2D eigenvalue weighted by Gasteiger charge is 2.31. The maximum absolute atomic E-state index is 11.7. The van der Waals surface area contributed by atoms with Crippen molar-refractivity contribution in [3.8, 4) is 0 Å². The zero-order valence-corrected chi connectivity index (χ0v) is 11.1. The molecule has 1 aromatic carbocycles. The van der Waals surface area contributed by atoms with Gasteiger partial charge in [-0.15, -0.1) is 0 Å². The molecular formula is C15H21NO2. The molecule has 0 spiro atoms. The Labute approximate surface area is 109 Å². The highest BCUT2D eigenvalue weighted by Crippen LogP contribution is 2.27. The van der Waals surface area contributed by atoms with E-state index in [0.717, 1.165) is 19.5 Å². The van der Waals surface area contributed by atoms with E-state index >= 15 is 0 Å². The van der Waals surface area contributed by atoms with Gasteiger partial charge >= 0.3 is 5.97 Å². The molecule has 3 heteroatoms. The van der Waals surface area contributed by atoms with Crippen LogP contribution in [0.1, 0.15) is 31.9 Å². The monoisotopic (exact) mass is 247 g/mol. The van der Waals surface area contributed by atoms with E-state index in [-0.39, 0.29) is 11.9 Å². The van der Waals surface area contributed by atoms with Crippen LogP contribution in [0.2, 0.25) is 0 Å². The van der Waals surface area contributed by atoms with Gasteiger partial charge in [-0.25, -0.2) is 0 Å². The summed E-state index contributed by atoms with van der Waals surface area (Å²) in [5.74, 6) is 0.0105. The predicted molar refractivity (Wildman–Crippen MR) is 71.2 cm³/mol. The van der Waals surface area contributed by atoms with Crippen LogP contribution in [-0.4, -0.2) is 30.6 Å². The Hall–Kier alpha value is -1.35. The molecule has 0 aliphatic carbocycles. The number of carbonyl (C=O) groups is 1. The van der Waals surface area contributed by atoms with Gasteiger partial charge in [-0.1, -0.05) is 30.3 Å². The van der Waals surface area contributed by atoms with Gasteiger partial charge in [0.15, 0.2) is 0 Å². The molecule has 0 radical (unpaired) electrons. The molecule has 1 heterocycles. The van der Waals surface area contributed by atoms with Crippen LogP contribution in [0, 0.1) is 5.92 Å². The molecule has 0 bridgehead atoms. The number of rotatable bonds is 4. The summed E-state index contributed by atoms with van der Waals surface area (Å²) < 4.78 is 5.09. The molecule has 98 valence electrons. The van der Waals surface area contributed by atoms with Crippen molar-refractivity contribution >= 4 is 5.97 Å². The lowest BCUT2D eigenvalue weighted by atomic mass is 10.1. The minimum atomic E-state index is -0.0414. The summed E-state index contributed by atoms with van der Waals surface area (Å²) in [6, 6.07) is 10.8. The van der Waals surface area contributed by atoms with Gasteiger partial charge in [0, 0.05) is 12.6 Å². The fraction of sp³-hybridized carbons (Fsp3) is 0.533. The van der Waals surface area contributed by atoms with Gasteiger partial charge in [0.1, 0.15) is 0 Å². The molecule has 2 unspecified atom stereocenters. The van der Waals surface area contributed by atoms with E-state index in [0.29, 0.717) is 12.6 Å². The minimum absolute atomic E-state index is 0.0414. The molecule has 0 amide bonds. The van der Waals surface area contributed by atoms with E-state index in [1.165, 1.54) is 5.56 Å². The number of esters is 1. The van der Waals surface area contributed by atoms with Crippen molar-refractivity contribution in [1.82, 2.24) is 4.90 Å². The van der Waals surface area contributed by atoms with E-state index in [9.17, 15) is 4.79 Å². The summed E-state index contributed by atoms with van der Waals surface area (Å²) in [5.41, 5.74) is 1.31. The summed E-state index contributed by atoms with van der Waals surface area (Å²) in [5, 5.41) is 0. The summed E-state index contributed by atoms with van der Waals surface area (Å²) in [6.45, 7) is 6.32. The van der Waals surface area contributed by atoms with Gasteiger partial charge in [-0.3, -0.25) is 9.69 Å². The third-order valence-corrected chi connectivity index (χ3v) is 3.67. The number of likely N-dealkylation sites (tertiary alicyclic amines) is 1. The van der Waals surface area contributed by atoms with Gasteiger partial charge < -0.3 is 4.74 Å². The minimum Gasteiger partial charge on any atom is -0.466 e. The van der Waals surface area contributed by atoms with Crippen molar-refractivity contribution in [2.75, 3.05) is 19.7 Å². The van der Waals surface area contributed by atoms with Crippen LogP contribution in [0.4, 0.5) is 0 Å². The first kappa shape index (κ1) is 13.1. The second-order valence-corrected chi connectivity index (χ2v) is 4.82. The summed E-state index contributed by atoms with van der Waals surface area (Å²) in [7, 11) is 0. The fourth-order valence-electron chi connectivity index (χ4n) is 2.53. The van der Waals surface area contributed by atoms with Gasteiger partial charge in [0.05, 0.1) is 12.5 Å². The Kier molecular flexibility index (Phi) is 4.37. The first-order valence-electron chi connectivity index (χ1n) is 6.68. The number of hydrogen-bond acceptors (Lipinski definition) is 3. The second kappa shape index (κ2) is 6.01. The predicted octanol–water partition coefficient (Wildman–Crippen LogP) is 2.63. The molecule has 3 nitrogen and oxygen atoms in total. The fourth-order valence-corrected chi connectivity index (χ4v) is 2.53. The molecule has 0 saturated carbocycles.